The quantitative estimate of drug-likeness (QED) is 0.315. The van der Waals surface area contributed by atoms with Gasteiger partial charge in [-0.2, -0.15) is 13.2 Å². The fourth-order valence-electron chi connectivity index (χ4n) is 2.63. The first-order chi connectivity index (χ1) is 14.4. The maximum atomic E-state index is 13.5. The number of alkyl halides is 3. The molecule has 0 bridgehead atoms. The maximum absolute atomic E-state index is 13.5. The number of fused-ring (bicyclic) bond motifs is 1. The SMILES string of the molecule is CC(=O)N(CCOC(=O)C1=Cc2cc(Cl)cc(Cl)c2OC1C(F)(F)F)CCO[N+](=O)[O-]. The van der Waals surface area contributed by atoms with Crippen molar-refractivity contribution in [3.8, 4) is 5.75 Å². The molecular weight excluding hydrogens is 472 g/mol. The largest absolute Gasteiger partial charge is 0.474 e. The lowest BCUT2D eigenvalue weighted by molar-refractivity contribution is -0.757. The maximum Gasteiger partial charge on any atom is 0.430 e. The molecular formula is C17H15Cl2F3N2O7. The van der Waals surface area contributed by atoms with E-state index in [9.17, 15) is 32.9 Å². The number of carbonyl (C=O) groups is 2. The van der Waals surface area contributed by atoms with Crippen molar-refractivity contribution in [3.63, 3.8) is 0 Å². The number of hydrogen-bond acceptors (Lipinski definition) is 7. The summed E-state index contributed by atoms with van der Waals surface area (Å²) in [5, 5.41) is 9.08. The monoisotopic (exact) mass is 486 g/mol. The van der Waals surface area contributed by atoms with Gasteiger partial charge in [0.1, 0.15) is 19.0 Å². The summed E-state index contributed by atoms with van der Waals surface area (Å²) in [5.74, 6) is -2.11. The van der Waals surface area contributed by atoms with Crippen LogP contribution in [0.2, 0.25) is 10.0 Å². The van der Waals surface area contributed by atoms with Gasteiger partial charge in [-0.25, -0.2) is 4.79 Å². The number of esters is 1. The van der Waals surface area contributed by atoms with Crippen molar-refractivity contribution in [1.29, 1.82) is 0 Å². The number of carbonyl (C=O) groups excluding carboxylic acids is 2. The molecule has 1 aromatic carbocycles. The summed E-state index contributed by atoms with van der Waals surface area (Å²) in [5.41, 5.74) is -0.767. The van der Waals surface area contributed by atoms with E-state index < -0.39 is 48.0 Å². The second-order valence-corrected chi connectivity index (χ2v) is 6.99. The minimum atomic E-state index is -4.95. The summed E-state index contributed by atoms with van der Waals surface area (Å²) in [6, 6.07) is 2.47. The zero-order valence-electron chi connectivity index (χ0n) is 15.8. The lowest BCUT2D eigenvalue weighted by Crippen LogP contribution is -2.41. The lowest BCUT2D eigenvalue weighted by atomic mass is 10.0. The van der Waals surface area contributed by atoms with Crippen molar-refractivity contribution in [2.45, 2.75) is 19.2 Å². The molecule has 1 aromatic rings. The Bertz CT molecular complexity index is 908. The number of amides is 1. The second-order valence-electron chi connectivity index (χ2n) is 6.14. The fraction of sp³-hybridized carbons (Fsp3) is 0.412. The van der Waals surface area contributed by atoms with E-state index in [4.69, 9.17) is 32.7 Å². The van der Waals surface area contributed by atoms with Crippen LogP contribution >= 0.6 is 23.2 Å². The lowest BCUT2D eigenvalue weighted by Gasteiger charge is -2.28. The van der Waals surface area contributed by atoms with Gasteiger partial charge in [0.2, 0.25) is 12.0 Å². The Labute approximate surface area is 183 Å². The minimum absolute atomic E-state index is 0.0623. The molecule has 1 amide bonds. The van der Waals surface area contributed by atoms with E-state index in [0.717, 1.165) is 17.9 Å². The standard InChI is InChI=1S/C17H15Cl2F3N2O7/c1-9(25)23(3-5-30-24(27)28)2-4-29-16(26)12-7-10-6-11(18)8-13(19)14(10)31-15(12)17(20,21)22/h6-8,15H,2-5H2,1H3. The molecule has 1 aliphatic rings. The van der Waals surface area contributed by atoms with Crippen LogP contribution in [0.25, 0.3) is 6.08 Å². The molecule has 1 aliphatic heterocycles. The van der Waals surface area contributed by atoms with E-state index in [2.05, 4.69) is 4.84 Å². The first-order valence-corrected chi connectivity index (χ1v) is 9.29. The van der Waals surface area contributed by atoms with Crippen LogP contribution in [0.4, 0.5) is 13.2 Å². The van der Waals surface area contributed by atoms with E-state index in [-0.39, 0.29) is 34.4 Å². The van der Waals surface area contributed by atoms with Crippen molar-refractivity contribution < 1.29 is 42.2 Å². The Morgan fingerprint density at radius 3 is 2.48 bits per heavy atom. The number of ether oxygens (including phenoxy) is 2. The van der Waals surface area contributed by atoms with Gasteiger partial charge in [-0.1, -0.05) is 23.2 Å². The van der Waals surface area contributed by atoms with Crippen LogP contribution in [0.5, 0.6) is 5.75 Å². The second kappa shape index (κ2) is 10.1. The van der Waals surface area contributed by atoms with Crippen LogP contribution in [0.3, 0.4) is 0 Å². The molecule has 14 heteroatoms. The Morgan fingerprint density at radius 2 is 1.90 bits per heavy atom. The molecule has 1 unspecified atom stereocenters. The van der Waals surface area contributed by atoms with E-state index in [1.165, 1.54) is 12.1 Å². The van der Waals surface area contributed by atoms with Gasteiger partial charge in [0.25, 0.3) is 5.09 Å². The van der Waals surface area contributed by atoms with E-state index >= 15 is 0 Å². The number of halogens is 5. The average molecular weight is 487 g/mol. The normalized spacial score (nSPS) is 15.3. The van der Waals surface area contributed by atoms with Crippen LogP contribution in [-0.2, 0) is 19.2 Å². The molecule has 0 spiro atoms. The summed E-state index contributed by atoms with van der Waals surface area (Å²) in [4.78, 5) is 39.2. The van der Waals surface area contributed by atoms with Gasteiger partial charge < -0.3 is 19.2 Å². The average Bonchev–Trinajstić information content (AvgIpc) is 2.64. The molecule has 0 radical (unpaired) electrons. The highest BCUT2D eigenvalue weighted by Gasteiger charge is 2.49. The van der Waals surface area contributed by atoms with Gasteiger partial charge in [-0.15, -0.1) is 10.1 Å². The summed E-state index contributed by atoms with van der Waals surface area (Å²) < 4.78 is 50.2. The third-order valence-electron chi connectivity index (χ3n) is 4.00. The minimum Gasteiger partial charge on any atom is -0.474 e. The summed E-state index contributed by atoms with van der Waals surface area (Å²) >= 11 is 11.7. The van der Waals surface area contributed by atoms with E-state index in [1.54, 1.807) is 0 Å². The van der Waals surface area contributed by atoms with Gasteiger partial charge >= 0.3 is 12.1 Å². The zero-order valence-corrected chi connectivity index (χ0v) is 17.3. The molecule has 170 valence electrons. The molecule has 2 rings (SSSR count). The Balaban J connectivity index is 2.12. The predicted molar refractivity (Wildman–Crippen MR) is 101 cm³/mol. The fourth-order valence-corrected chi connectivity index (χ4v) is 3.18. The molecule has 31 heavy (non-hydrogen) atoms. The van der Waals surface area contributed by atoms with Gasteiger partial charge in [-0.05, 0) is 18.2 Å². The molecule has 0 aromatic heterocycles. The third kappa shape index (κ3) is 6.62. The summed E-state index contributed by atoms with van der Waals surface area (Å²) in [6.45, 7) is -0.137. The van der Waals surface area contributed by atoms with Crippen LogP contribution < -0.4 is 4.74 Å². The van der Waals surface area contributed by atoms with Crippen LogP contribution in [0, 0.1) is 10.1 Å². The first-order valence-electron chi connectivity index (χ1n) is 8.54. The topological polar surface area (TPSA) is 108 Å². The predicted octanol–water partition coefficient (Wildman–Crippen LogP) is 3.30. The molecule has 1 atom stereocenters. The van der Waals surface area contributed by atoms with Crippen LogP contribution in [0.15, 0.2) is 17.7 Å². The zero-order chi connectivity index (χ0) is 23.3. The summed E-state index contributed by atoms with van der Waals surface area (Å²) in [7, 11) is 0. The van der Waals surface area contributed by atoms with Crippen molar-refractivity contribution in [2.75, 3.05) is 26.3 Å². The molecule has 0 saturated carbocycles. The van der Waals surface area contributed by atoms with Gasteiger partial charge in [0.05, 0.1) is 17.1 Å². The Kier molecular flexibility index (Phi) is 7.96. The van der Waals surface area contributed by atoms with Crippen molar-refractivity contribution >= 4 is 41.2 Å². The number of rotatable bonds is 8. The smallest absolute Gasteiger partial charge is 0.430 e. The molecule has 0 fully saturated rings. The number of hydrogen-bond donors (Lipinski definition) is 0. The van der Waals surface area contributed by atoms with Crippen LogP contribution in [-0.4, -0.2) is 60.4 Å². The molecule has 0 N–H and O–H groups in total. The van der Waals surface area contributed by atoms with Crippen molar-refractivity contribution in [1.82, 2.24) is 4.90 Å². The van der Waals surface area contributed by atoms with E-state index in [1.807, 2.05) is 0 Å². The third-order valence-corrected chi connectivity index (χ3v) is 4.50. The van der Waals surface area contributed by atoms with Crippen molar-refractivity contribution in [2.24, 2.45) is 0 Å². The summed E-state index contributed by atoms with van der Waals surface area (Å²) in [6.07, 6.45) is -6.65. The highest BCUT2D eigenvalue weighted by Crippen LogP contribution is 2.42. The number of nitrogens with zero attached hydrogens (tertiary/aromatic N) is 2. The highest BCUT2D eigenvalue weighted by molar-refractivity contribution is 6.36. The highest BCUT2D eigenvalue weighted by atomic mass is 35.5. The van der Waals surface area contributed by atoms with Gasteiger partial charge in [0, 0.05) is 24.1 Å². The first kappa shape index (κ1) is 24.5. The molecule has 9 nitrogen and oxygen atoms in total. The Hall–Kier alpha value is -2.73. The van der Waals surface area contributed by atoms with E-state index in [0.29, 0.717) is 0 Å². The Morgan fingerprint density at radius 1 is 1.26 bits per heavy atom. The van der Waals surface area contributed by atoms with Gasteiger partial charge in [0.15, 0.2) is 0 Å². The van der Waals surface area contributed by atoms with Crippen LogP contribution in [0.1, 0.15) is 12.5 Å². The molecule has 0 aliphatic carbocycles. The molecule has 0 saturated heterocycles. The van der Waals surface area contributed by atoms with Gasteiger partial charge in [-0.3, -0.25) is 4.79 Å². The number of benzene rings is 1. The van der Waals surface area contributed by atoms with Crippen molar-refractivity contribution in [3.05, 3.63) is 43.4 Å². The molecule has 1 heterocycles.